The third-order valence-electron chi connectivity index (χ3n) is 5.76. The van der Waals surface area contributed by atoms with Crippen molar-refractivity contribution in [2.75, 3.05) is 6.16 Å². The molecule has 2 nitrogen and oxygen atoms in total. The fourth-order valence-corrected chi connectivity index (χ4v) is 6.97. The van der Waals surface area contributed by atoms with E-state index in [1.807, 2.05) is 49.4 Å². The lowest BCUT2D eigenvalue weighted by molar-refractivity contribution is 0.107. The molecule has 0 spiro atoms. The summed E-state index contributed by atoms with van der Waals surface area (Å²) in [7, 11) is -3.24. The van der Waals surface area contributed by atoms with Crippen molar-refractivity contribution in [3.8, 4) is 0 Å². The molecule has 0 aliphatic heterocycles. The third-order valence-corrected chi connectivity index (χ3v) is 9.04. The van der Waals surface area contributed by atoms with Crippen LogP contribution in [0.5, 0.6) is 0 Å². The van der Waals surface area contributed by atoms with Crippen LogP contribution < -0.4 is 5.30 Å². The van der Waals surface area contributed by atoms with E-state index in [2.05, 4.69) is 6.92 Å². The lowest BCUT2D eigenvalue weighted by atomic mass is 10.1. The Bertz CT molecular complexity index is 812. The fraction of sp³-hybridized carbons (Fsp3) is 0.500. The fourth-order valence-electron chi connectivity index (χ4n) is 3.92. The molecule has 0 saturated heterocycles. The number of rotatable bonds is 14. The molecule has 1 atom stereocenters. The van der Waals surface area contributed by atoms with Gasteiger partial charge in [-0.1, -0.05) is 119 Å². The van der Waals surface area contributed by atoms with Gasteiger partial charge in [-0.2, -0.15) is 0 Å². The molecule has 4 heteroatoms. The van der Waals surface area contributed by atoms with Gasteiger partial charge in [-0.15, -0.1) is 0 Å². The van der Waals surface area contributed by atoms with Gasteiger partial charge in [-0.05, 0) is 25.0 Å². The minimum atomic E-state index is -3.24. The highest BCUT2D eigenvalue weighted by Crippen LogP contribution is 2.50. The largest absolute Gasteiger partial charge is 0.310 e. The minimum Gasteiger partial charge on any atom is -0.310 e. The summed E-state index contributed by atoms with van der Waals surface area (Å²) in [5.41, 5.74) is 0.901. The maximum Gasteiger partial charge on any atom is 0.227 e. The number of carbonyl (C=O) groups is 1. The zero-order valence-corrected chi connectivity index (χ0v) is 20.2. The molecule has 0 aromatic heterocycles. The first-order valence-electron chi connectivity index (χ1n) is 11.5. The van der Waals surface area contributed by atoms with Crippen LogP contribution in [0.15, 0.2) is 48.5 Å². The van der Waals surface area contributed by atoms with E-state index in [1.54, 1.807) is 6.07 Å². The number of halogens is 1. The Kier molecular flexibility index (Phi) is 10.9. The summed E-state index contributed by atoms with van der Waals surface area (Å²) in [6.07, 6.45) is 12.5. The highest BCUT2D eigenvalue weighted by molar-refractivity contribution is 7.87. The summed E-state index contributed by atoms with van der Waals surface area (Å²) in [6.45, 7) is 4.10. The van der Waals surface area contributed by atoms with Gasteiger partial charge in [0.25, 0.3) is 0 Å². The predicted octanol–water partition coefficient (Wildman–Crippen LogP) is 8.40. The first-order valence-corrected chi connectivity index (χ1v) is 13.7. The van der Waals surface area contributed by atoms with Crippen molar-refractivity contribution >= 4 is 29.6 Å². The van der Waals surface area contributed by atoms with Crippen molar-refractivity contribution in [2.45, 2.75) is 78.1 Å². The maximum absolute atomic E-state index is 14.0. The molecule has 0 N–H and O–H groups in total. The summed E-state index contributed by atoms with van der Waals surface area (Å²) in [4.78, 5) is 13.5. The normalized spacial score (nSPS) is 13.2. The quantitative estimate of drug-likeness (QED) is 0.215. The van der Waals surface area contributed by atoms with Gasteiger partial charge in [0.1, 0.15) is 0 Å². The molecular weight excluding hydrogens is 411 g/mol. The molecule has 0 bridgehead atoms. The van der Waals surface area contributed by atoms with E-state index in [0.29, 0.717) is 22.1 Å². The zero-order valence-electron chi connectivity index (χ0n) is 18.5. The molecule has 0 amide bonds. The molecule has 0 radical (unpaired) electrons. The lowest BCUT2D eigenvalue weighted by Crippen LogP contribution is -2.17. The number of hydrogen-bond donors (Lipinski definition) is 0. The van der Waals surface area contributed by atoms with Crippen LogP contribution in [0.3, 0.4) is 0 Å². The van der Waals surface area contributed by atoms with Gasteiger partial charge in [0.2, 0.25) is 5.52 Å². The number of aryl methyl sites for hydroxylation is 1. The van der Waals surface area contributed by atoms with Gasteiger partial charge in [0.05, 0.1) is 5.02 Å². The molecule has 0 heterocycles. The van der Waals surface area contributed by atoms with Crippen LogP contribution in [0, 0.1) is 6.92 Å². The molecule has 2 rings (SSSR count). The van der Waals surface area contributed by atoms with E-state index < -0.39 is 7.14 Å². The van der Waals surface area contributed by atoms with Gasteiger partial charge < -0.3 is 4.57 Å². The number of benzene rings is 2. The second kappa shape index (κ2) is 13.1. The summed E-state index contributed by atoms with van der Waals surface area (Å²) in [5, 5.41) is 1.03. The average Bonchev–Trinajstić information content (AvgIpc) is 2.75. The van der Waals surface area contributed by atoms with E-state index >= 15 is 0 Å². The van der Waals surface area contributed by atoms with Gasteiger partial charge in [0.15, 0.2) is 7.14 Å². The van der Waals surface area contributed by atoms with E-state index in [9.17, 15) is 9.36 Å². The van der Waals surface area contributed by atoms with E-state index in [4.69, 9.17) is 11.6 Å². The smallest absolute Gasteiger partial charge is 0.227 e. The second-order valence-electron chi connectivity index (χ2n) is 8.22. The molecule has 164 valence electrons. The minimum absolute atomic E-state index is 0.298. The van der Waals surface area contributed by atoms with Gasteiger partial charge in [-0.3, -0.25) is 4.79 Å². The van der Waals surface area contributed by atoms with Crippen molar-refractivity contribution in [3.63, 3.8) is 0 Å². The van der Waals surface area contributed by atoms with E-state index in [1.165, 1.54) is 44.9 Å². The second-order valence-corrected chi connectivity index (χ2v) is 11.5. The van der Waals surface area contributed by atoms with Crippen LogP contribution in [0.25, 0.3) is 0 Å². The molecule has 1 unspecified atom stereocenters. The van der Waals surface area contributed by atoms with Gasteiger partial charge in [0, 0.05) is 17.0 Å². The molecule has 2 aromatic carbocycles. The highest BCUT2D eigenvalue weighted by Gasteiger charge is 2.35. The van der Waals surface area contributed by atoms with E-state index in [0.717, 1.165) is 24.8 Å². The van der Waals surface area contributed by atoms with Crippen molar-refractivity contribution in [2.24, 2.45) is 0 Å². The maximum atomic E-state index is 14.0. The molecule has 0 fully saturated rings. The van der Waals surface area contributed by atoms with Crippen molar-refractivity contribution in [3.05, 3.63) is 64.7 Å². The van der Waals surface area contributed by atoms with Crippen LogP contribution in [0.2, 0.25) is 5.02 Å². The third kappa shape index (κ3) is 7.10. The van der Waals surface area contributed by atoms with Crippen LogP contribution in [-0.4, -0.2) is 11.7 Å². The Balaban J connectivity index is 1.98. The predicted molar refractivity (Wildman–Crippen MR) is 131 cm³/mol. The lowest BCUT2D eigenvalue weighted by Gasteiger charge is -2.19. The molecule has 0 aliphatic rings. The molecule has 0 aliphatic carbocycles. The number of carbonyl (C=O) groups excluding carboxylic acids is 1. The molecule has 2 aromatic rings. The van der Waals surface area contributed by atoms with Crippen LogP contribution in [0.4, 0.5) is 0 Å². The van der Waals surface area contributed by atoms with Crippen LogP contribution in [-0.2, 0) is 4.57 Å². The SMILES string of the molecule is CCCCCCCCCCCCP(=O)(C(=O)c1c(C)cccc1Cl)c1ccccc1. The standard InChI is InChI=1S/C26H36ClO2P/c1-3-4-5-6-7-8-9-10-11-15-21-30(29,23-18-13-12-14-19-23)26(28)25-22(2)17-16-20-24(25)27/h12-14,16-20H,3-11,15,21H2,1-2H3. The Morgan fingerprint density at radius 2 is 1.37 bits per heavy atom. The van der Waals surface area contributed by atoms with E-state index in [-0.39, 0.29) is 5.52 Å². The van der Waals surface area contributed by atoms with Crippen LogP contribution >= 0.6 is 18.7 Å². The van der Waals surface area contributed by atoms with Crippen LogP contribution in [0.1, 0.15) is 87.1 Å². The Hall–Kier alpha value is -1.37. The Morgan fingerprint density at radius 1 is 0.800 bits per heavy atom. The Morgan fingerprint density at radius 3 is 1.93 bits per heavy atom. The summed E-state index contributed by atoms with van der Waals surface area (Å²) < 4.78 is 14.0. The summed E-state index contributed by atoms with van der Waals surface area (Å²) >= 11 is 6.34. The van der Waals surface area contributed by atoms with Crippen molar-refractivity contribution in [1.82, 2.24) is 0 Å². The van der Waals surface area contributed by atoms with Gasteiger partial charge >= 0.3 is 0 Å². The monoisotopic (exact) mass is 446 g/mol. The van der Waals surface area contributed by atoms with Gasteiger partial charge in [-0.25, -0.2) is 0 Å². The van der Waals surface area contributed by atoms with Crippen molar-refractivity contribution in [1.29, 1.82) is 0 Å². The highest BCUT2D eigenvalue weighted by atomic mass is 35.5. The molecule has 0 saturated carbocycles. The molecule has 30 heavy (non-hydrogen) atoms. The number of hydrogen-bond acceptors (Lipinski definition) is 2. The zero-order chi connectivity index (χ0) is 21.8. The molecular formula is C26H36ClO2P. The summed E-state index contributed by atoms with van der Waals surface area (Å²) in [6, 6.07) is 14.6. The van der Waals surface area contributed by atoms with Crippen molar-refractivity contribution < 1.29 is 9.36 Å². The average molecular weight is 447 g/mol. The summed E-state index contributed by atoms with van der Waals surface area (Å²) in [5.74, 6) is 0. The first kappa shape index (κ1) is 24.9. The topological polar surface area (TPSA) is 34.1 Å². The number of unbranched alkanes of at least 4 members (excludes halogenated alkanes) is 9. The Labute approximate surface area is 187 Å². The first-order chi connectivity index (χ1) is 14.5.